The van der Waals surface area contributed by atoms with Gasteiger partial charge in [-0.2, -0.15) is 0 Å². The van der Waals surface area contributed by atoms with Crippen LogP contribution in [0, 0.1) is 0 Å². The maximum atomic E-state index is 8.56. The van der Waals surface area contributed by atoms with Gasteiger partial charge in [0.15, 0.2) is 5.17 Å². The highest BCUT2D eigenvalue weighted by atomic mass is 35.5. The first-order chi connectivity index (χ1) is 6.74. The van der Waals surface area contributed by atoms with Gasteiger partial charge in [0.05, 0.1) is 5.02 Å². The third-order valence-electron chi connectivity index (χ3n) is 1.97. The minimum absolute atomic E-state index is 0.0179. The van der Waals surface area contributed by atoms with E-state index in [-0.39, 0.29) is 5.17 Å². The van der Waals surface area contributed by atoms with E-state index in [1.165, 1.54) is 0 Å². The van der Waals surface area contributed by atoms with Gasteiger partial charge in [0.25, 0.3) is 0 Å². The highest BCUT2D eigenvalue weighted by Crippen LogP contribution is 2.27. The number of aromatic amines is 1. The molecule has 0 saturated heterocycles. The van der Waals surface area contributed by atoms with Gasteiger partial charge >= 0.3 is 0 Å². The van der Waals surface area contributed by atoms with E-state index >= 15 is 0 Å². The molecule has 72 valence electrons. The number of hydrogen-bond donors (Lipinski definition) is 2. The van der Waals surface area contributed by atoms with Crippen LogP contribution in [0.1, 0.15) is 5.56 Å². The van der Waals surface area contributed by atoms with Gasteiger partial charge in [-0.05, 0) is 12.1 Å². The van der Waals surface area contributed by atoms with Gasteiger partial charge in [-0.25, -0.2) is 0 Å². The Morgan fingerprint density at radius 3 is 2.93 bits per heavy atom. The molecule has 2 aromatic rings. The molecule has 0 aliphatic carbocycles. The second-order valence-corrected chi connectivity index (χ2v) is 3.52. The molecule has 1 heterocycles. The van der Waals surface area contributed by atoms with Crippen LogP contribution in [0.3, 0.4) is 0 Å². The van der Waals surface area contributed by atoms with Gasteiger partial charge in [0, 0.05) is 22.7 Å². The molecule has 1 aromatic heterocycles. The first-order valence-corrected chi connectivity index (χ1v) is 4.63. The monoisotopic (exact) mass is 228 g/mol. The average Bonchev–Trinajstić information content (AvgIpc) is 2.62. The topological polar surface area (TPSA) is 48.4 Å². The maximum Gasteiger partial charge on any atom is 0.177 e. The lowest BCUT2D eigenvalue weighted by Crippen LogP contribution is -1.88. The van der Waals surface area contributed by atoms with Gasteiger partial charge in [-0.1, -0.05) is 34.4 Å². The fourth-order valence-electron chi connectivity index (χ4n) is 1.36. The largest absolute Gasteiger partial charge is 0.410 e. The molecule has 0 spiro atoms. The van der Waals surface area contributed by atoms with Crippen molar-refractivity contribution in [3.05, 3.63) is 35.0 Å². The fourth-order valence-corrected chi connectivity index (χ4v) is 1.78. The van der Waals surface area contributed by atoms with Crippen molar-refractivity contribution >= 4 is 39.3 Å². The Hall–Kier alpha value is -1.19. The molecular weight excluding hydrogens is 223 g/mol. The highest BCUT2D eigenvalue weighted by molar-refractivity contribution is 6.70. The normalized spacial score (nSPS) is 12.3. The van der Waals surface area contributed by atoms with E-state index in [4.69, 9.17) is 28.4 Å². The van der Waals surface area contributed by atoms with E-state index in [1.807, 2.05) is 12.1 Å². The molecule has 0 fully saturated rings. The zero-order valence-electron chi connectivity index (χ0n) is 6.96. The summed E-state index contributed by atoms with van der Waals surface area (Å²) in [6, 6.07) is 5.45. The first kappa shape index (κ1) is 9.37. The smallest absolute Gasteiger partial charge is 0.177 e. The number of aromatic nitrogens is 1. The first-order valence-electron chi connectivity index (χ1n) is 3.87. The summed E-state index contributed by atoms with van der Waals surface area (Å²) in [5, 5.41) is 12.8. The molecule has 0 saturated carbocycles. The second-order valence-electron chi connectivity index (χ2n) is 2.76. The van der Waals surface area contributed by atoms with Crippen LogP contribution in [0.25, 0.3) is 10.9 Å². The predicted octanol–water partition coefficient (Wildman–Crippen LogP) is 3.20. The Morgan fingerprint density at radius 2 is 2.21 bits per heavy atom. The summed E-state index contributed by atoms with van der Waals surface area (Å²) in [6.45, 7) is 0. The lowest BCUT2D eigenvalue weighted by molar-refractivity contribution is 0.321. The number of hydrogen-bond acceptors (Lipinski definition) is 2. The Kier molecular flexibility index (Phi) is 2.35. The third-order valence-corrected chi connectivity index (χ3v) is 2.56. The highest BCUT2D eigenvalue weighted by Gasteiger charge is 2.10. The SMILES string of the molecule is O/N=C(\Cl)c1c[nH]c2cccc(Cl)c12. The van der Waals surface area contributed by atoms with Crippen LogP contribution in [0.15, 0.2) is 29.6 Å². The van der Waals surface area contributed by atoms with Crippen molar-refractivity contribution in [3.8, 4) is 0 Å². The molecule has 0 aliphatic rings. The molecule has 14 heavy (non-hydrogen) atoms. The number of benzene rings is 1. The van der Waals surface area contributed by atoms with E-state index < -0.39 is 0 Å². The molecular formula is C9H6Cl2N2O. The quantitative estimate of drug-likeness (QED) is 0.440. The number of H-pyrrole nitrogens is 1. The van der Waals surface area contributed by atoms with Gasteiger partial charge < -0.3 is 10.2 Å². The molecule has 2 N–H and O–H groups in total. The standard InChI is InChI=1S/C9H6Cl2N2O/c10-6-2-1-3-7-8(6)5(4-12-7)9(11)13-14/h1-4,12,14H/b13-9-. The summed E-state index contributed by atoms with van der Waals surface area (Å²) in [6.07, 6.45) is 1.65. The van der Waals surface area contributed by atoms with Crippen molar-refractivity contribution in [2.75, 3.05) is 0 Å². The van der Waals surface area contributed by atoms with E-state index in [9.17, 15) is 0 Å². The Bertz CT molecular complexity index is 504. The number of fused-ring (bicyclic) bond motifs is 1. The van der Waals surface area contributed by atoms with Crippen LogP contribution >= 0.6 is 23.2 Å². The summed E-state index contributed by atoms with van der Waals surface area (Å²) < 4.78 is 0. The van der Waals surface area contributed by atoms with E-state index in [0.717, 1.165) is 10.9 Å². The molecule has 1 aromatic carbocycles. The number of nitrogens with one attached hydrogen (secondary N) is 1. The predicted molar refractivity (Wildman–Crippen MR) is 57.5 cm³/mol. The minimum Gasteiger partial charge on any atom is -0.410 e. The number of halogens is 2. The van der Waals surface area contributed by atoms with Crippen molar-refractivity contribution in [2.24, 2.45) is 5.16 Å². The Labute approximate surface area is 89.9 Å². The van der Waals surface area contributed by atoms with Crippen LogP contribution in [-0.4, -0.2) is 15.4 Å². The number of nitrogens with zero attached hydrogens (tertiary/aromatic N) is 1. The minimum atomic E-state index is 0.0179. The van der Waals surface area contributed by atoms with E-state index in [0.29, 0.717) is 10.6 Å². The lowest BCUT2D eigenvalue weighted by Gasteiger charge is -1.96. The molecule has 3 nitrogen and oxygen atoms in total. The van der Waals surface area contributed by atoms with Crippen LogP contribution in [0.2, 0.25) is 5.02 Å². The van der Waals surface area contributed by atoms with Crippen molar-refractivity contribution in [3.63, 3.8) is 0 Å². The number of rotatable bonds is 1. The molecule has 0 atom stereocenters. The van der Waals surface area contributed by atoms with Crippen LogP contribution in [0.4, 0.5) is 0 Å². The summed E-state index contributed by atoms with van der Waals surface area (Å²) in [7, 11) is 0. The van der Waals surface area contributed by atoms with E-state index in [2.05, 4.69) is 10.1 Å². The van der Waals surface area contributed by atoms with Gasteiger partial charge in [0.2, 0.25) is 0 Å². The molecule has 5 heteroatoms. The van der Waals surface area contributed by atoms with Crippen molar-refractivity contribution in [1.82, 2.24) is 4.98 Å². The molecule has 0 unspecified atom stereocenters. The molecule has 0 amide bonds. The fraction of sp³-hybridized carbons (Fsp3) is 0. The number of oxime groups is 1. The average molecular weight is 229 g/mol. The van der Waals surface area contributed by atoms with Crippen LogP contribution < -0.4 is 0 Å². The van der Waals surface area contributed by atoms with Gasteiger partial charge in [-0.15, -0.1) is 0 Å². The van der Waals surface area contributed by atoms with Gasteiger partial charge in [-0.3, -0.25) is 0 Å². The Morgan fingerprint density at radius 1 is 1.43 bits per heavy atom. The second kappa shape index (κ2) is 3.52. The zero-order valence-corrected chi connectivity index (χ0v) is 8.47. The van der Waals surface area contributed by atoms with E-state index in [1.54, 1.807) is 12.3 Å². The molecule has 2 rings (SSSR count). The maximum absolute atomic E-state index is 8.56. The summed E-state index contributed by atoms with van der Waals surface area (Å²) >= 11 is 11.7. The Balaban J connectivity index is 2.80. The van der Waals surface area contributed by atoms with Crippen LogP contribution in [0.5, 0.6) is 0 Å². The molecule has 0 bridgehead atoms. The zero-order chi connectivity index (χ0) is 10.1. The molecule has 0 aliphatic heterocycles. The van der Waals surface area contributed by atoms with Crippen molar-refractivity contribution in [2.45, 2.75) is 0 Å². The van der Waals surface area contributed by atoms with Crippen LogP contribution in [-0.2, 0) is 0 Å². The van der Waals surface area contributed by atoms with Crippen molar-refractivity contribution in [1.29, 1.82) is 0 Å². The van der Waals surface area contributed by atoms with Crippen molar-refractivity contribution < 1.29 is 5.21 Å². The van der Waals surface area contributed by atoms with Gasteiger partial charge in [0.1, 0.15) is 0 Å². The summed E-state index contributed by atoms with van der Waals surface area (Å²) in [5.74, 6) is 0. The summed E-state index contributed by atoms with van der Waals surface area (Å²) in [5.41, 5.74) is 1.45. The lowest BCUT2D eigenvalue weighted by atomic mass is 10.2. The summed E-state index contributed by atoms with van der Waals surface area (Å²) in [4.78, 5) is 2.98. The third kappa shape index (κ3) is 1.35. The molecule has 0 radical (unpaired) electrons.